The van der Waals surface area contributed by atoms with Gasteiger partial charge in [0.25, 0.3) is 23.5 Å². The van der Waals surface area contributed by atoms with E-state index in [4.69, 9.17) is 0 Å². The number of ketones is 1. The molecule has 2 aromatic heterocycles. The Bertz CT molecular complexity index is 1390. The van der Waals surface area contributed by atoms with E-state index in [1.165, 1.54) is 19.2 Å². The van der Waals surface area contributed by atoms with Crippen LogP contribution in [0.1, 0.15) is 57.1 Å². The number of hydrogen-bond donors (Lipinski definition) is 3. The largest absolute Gasteiger partial charge is 0.340 e. The normalized spacial score (nSPS) is 17.2. The first-order valence-electron chi connectivity index (χ1n) is 11.1. The number of aromatic nitrogens is 4. The number of nitrogens with zero attached hydrogens (tertiary/aromatic N) is 3. The molecule has 9 nitrogen and oxygen atoms in total. The molecular weight excluding hydrogens is 484 g/mol. The number of rotatable bonds is 6. The van der Waals surface area contributed by atoms with Gasteiger partial charge in [0.2, 0.25) is 0 Å². The average Bonchev–Trinajstić information content (AvgIpc) is 3.52. The number of H-pyrrole nitrogens is 1. The van der Waals surface area contributed by atoms with Crippen LogP contribution in [-0.4, -0.2) is 43.5 Å². The highest BCUT2D eigenvalue weighted by Crippen LogP contribution is 2.51. The van der Waals surface area contributed by atoms with Crippen molar-refractivity contribution in [3.8, 4) is 0 Å². The minimum absolute atomic E-state index is 0.0120. The molecule has 1 fully saturated rings. The van der Waals surface area contributed by atoms with Crippen molar-refractivity contribution in [3.63, 3.8) is 0 Å². The van der Waals surface area contributed by atoms with E-state index in [0.29, 0.717) is 25.1 Å². The summed E-state index contributed by atoms with van der Waals surface area (Å²) in [6, 6.07) is 2.89. The van der Waals surface area contributed by atoms with Crippen molar-refractivity contribution in [1.82, 2.24) is 25.3 Å². The predicted octanol–water partition coefficient (Wildman–Crippen LogP) is 3.01. The van der Waals surface area contributed by atoms with Crippen molar-refractivity contribution < 1.29 is 31.9 Å². The van der Waals surface area contributed by atoms with Crippen molar-refractivity contribution in [2.24, 2.45) is 0 Å². The van der Waals surface area contributed by atoms with E-state index in [1.54, 1.807) is 4.57 Å². The van der Waals surface area contributed by atoms with Gasteiger partial charge in [-0.25, -0.2) is 17.6 Å². The van der Waals surface area contributed by atoms with Gasteiger partial charge in [-0.2, -0.15) is 15.4 Å². The van der Waals surface area contributed by atoms with Crippen molar-refractivity contribution in [2.45, 2.75) is 50.6 Å². The first-order chi connectivity index (χ1) is 17.0. The van der Waals surface area contributed by atoms with Crippen LogP contribution in [0.25, 0.3) is 0 Å². The van der Waals surface area contributed by atoms with E-state index in [1.807, 2.05) is 0 Å². The van der Waals surface area contributed by atoms with Crippen molar-refractivity contribution in [1.29, 1.82) is 0 Å². The van der Waals surface area contributed by atoms with Crippen LogP contribution < -0.4 is 10.6 Å². The molecule has 5 rings (SSSR count). The van der Waals surface area contributed by atoms with Gasteiger partial charge in [-0.1, -0.05) is 0 Å². The van der Waals surface area contributed by atoms with Gasteiger partial charge in [0.05, 0.1) is 17.3 Å². The van der Waals surface area contributed by atoms with E-state index in [2.05, 4.69) is 26.0 Å². The van der Waals surface area contributed by atoms with Gasteiger partial charge in [0, 0.05) is 36.8 Å². The number of hydrogen-bond acceptors (Lipinski definition) is 5. The first-order valence-corrected chi connectivity index (χ1v) is 11.1. The number of Topliss-reactive ketones (excluding diaryl/α,β-unsaturated/α-hetero) is 1. The third kappa shape index (κ3) is 3.84. The molecule has 0 unspecified atom stereocenters. The SMILES string of the molecule is Cc1c(C(=O)C(=O)NC2(c3cn[nH]n3)CC(F)(F)C2)c2n(c1C(=O)Nc1ccc(F)c(F)c1)CCC2. The Kier molecular flexibility index (Phi) is 5.45. The number of halogens is 4. The number of aromatic amines is 1. The molecule has 3 heterocycles. The van der Waals surface area contributed by atoms with Gasteiger partial charge in [-0.15, -0.1) is 0 Å². The van der Waals surface area contributed by atoms with Crippen LogP contribution in [0.4, 0.5) is 23.2 Å². The van der Waals surface area contributed by atoms with Gasteiger partial charge in [0.1, 0.15) is 11.4 Å². The molecule has 0 atom stereocenters. The number of alkyl halides is 2. The third-order valence-corrected chi connectivity index (χ3v) is 6.61. The highest BCUT2D eigenvalue weighted by atomic mass is 19.3. The fourth-order valence-corrected chi connectivity index (χ4v) is 5.06. The zero-order valence-electron chi connectivity index (χ0n) is 18.9. The molecule has 1 saturated carbocycles. The zero-order chi connectivity index (χ0) is 25.8. The van der Waals surface area contributed by atoms with Gasteiger partial charge >= 0.3 is 0 Å². The molecule has 2 aliphatic rings. The van der Waals surface area contributed by atoms with Gasteiger partial charge in [-0.05, 0) is 37.5 Å². The number of benzene rings is 1. The summed E-state index contributed by atoms with van der Waals surface area (Å²) in [7, 11) is 0. The number of amides is 2. The monoisotopic (exact) mass is 504 g/mol. The molecule has 0 saturated heterocycles. The molecule has 2 amide bonds. The number of nitrogens with one attached hydrogen (secondary N) is 3. The number of carbonyl (C=O) groups is 3. The standard InChI is InChI=1S/C23H20F4N6O3/c1-11-17(19(34)21(36)30-22(9-23(26,27)10-22)16-8-28-32-31-16)15-3-2-6-33(15)18(11)20(35)29-12-4-5-13(24)14(25)7-12/h4-5,7-8H,2-3,6,9-10H2,1H3,(H,29,35)(H,30,36)(H,28,31,32). The van der Waals surface area contributed by atoms with Crippen molar-refractivity contribution in [2.75, 3.05) is 5.32 Å². The smallest absolute Gasteiger partial charge is 0.293 e. The fraction of sp³-hybridized carbons (Fsp3) is 0.348. The molecule has 13 heteroatoms. The first kappa shape index (κ1) is 23.7. The maximum absolute atomic E-state index is 13.8. The molecule has 1 aliphatic carbocycles. The Morgan fingerprint density at radius 3 is 2.53 bits per heavy atom. The molecule has 1 aromatic carbocycles. The lowest BCUT2D eigenvalue weighted by molar-refractivity contribution is -0.148. The summed E-state index contributed by atoms with van der Waals surface area (Å²) in [6.07, 6.45) is 0.765. The molecule has 3 N–H and O–H groups in total. The summed E-state index contributed by atoms with van der Waals surface area (Å²) in [5, 5.41) is 14.6. The average molecular weight is 504 g/mol. The summed E-state index contributed by atoms with van der Waals surface area (Å²) in [6.45, 7) is 1.90. The van der Waals surface area contributed by atoms with Crippen molar-refractivity contribution >= 4 is 23.3 Å². The summed E-state index contributed by atoms with van der Waals surface area (Å²) in [5.41, 5.74) is -0.645. The number of anilines is 1. The molecular formula is C23H20F4N6O3. The minimum atomic E-state index is -3.03. The van der Waals surface area contributed by atoms with Crippen LogP contribution in [-0.2, 0) is 23.3 Å². The molecule has 0 bridgehead atoms. The van der Waals surface area contributed by atoms with Crippen molar-refractivity contribution in [3.05, 3.63) is 64.2 Å². The van der Waals surface area contributed by atoms with Gasteiger partial charge in [0.15, 0.2) is 11.6 Å². The zero-order valence-corrected chi connectivity index (χ0v) is 18.9. The second-order valence-corrected chi connectivity index (χ2v) is 9.06. The lowest BCUT2D eigenvalue weighted by Gasteiger charge is -2.46. The van der Waals surface area contributed by atoms with Crippen LogP contribution in [0.3, 0.4) is 0 Å². The highest BCUT2D eigenvalue weighted by Gasteiger charge is 2.60. The van der Waals surface area contributed by atoms with E-state index in [0.717, 1.165) is 12.1 Å². The predicted molar refractivity (Wildman–Crippen MR) is 117 cm³/mol. The second-order valence-electron chi connectivity index (χ2n) is 9.06. The second kappa shape index (κ2) is 8.28. The van der Waals surface area contributed by atoms with E-state index >= 15 is 0 Å². The molecule has 0 radical (unpaired) electrons. The minimum Gasteiger partial charge on any atom is -0.340 e. The number of fused-ring (bicyclic) bond motifs is 1. The Morgan fingerprint density at radius 1 is 1.14 bits per heavy atom. The molecule has 3 aromatic rings. The summed E-state index contributed by atoms with van der Waals surface area (Å²) >= 11 is 0. The maximum Gasteiger partial charge on any atom is 0.293 e. The van der Waals surface area contributed by atoms with Crippen LogP contribution in [0, 0.1) is 18.6 Å². The Morgan fingerprint density at radius 2 is 1.89 bits per heavy atom. The Balaban J connectivity index is 1.43. The van der Waals surface area contributed by atoms with E-state index in [-0.39, 0.29) is 28.2 Å². The van der Waals surface area contributed by atoms with Gasteiger partial charge in [-0.3, -0.25) is 14.4 Å². The maximum atomic E-state index is 13.8. The van der Waals surface area contributed by atoms with E-state index in [9.17, 15) is 31.9 Å². The van der Waals surface area contributed by atoms with Crippen LogP contribution >= 0.6 is 0 Å². The van der Waals surface area contributed by atoms with Gasteiger partial charge < -0.3 is 15.2 Å². The van der Waals surface area contributed by atoms with Crippen LogP contribution in [0.15, 0.2) is 24.4 Å². The number of carbonyl (C=O) groups excluding carboxylic acids is 3. The van der Waals surface area contributed by atoms with Crippen LogP contribution in [0.5, 0.6) is 0 Å². The highest BCUT2D eigenvalue weighted by molar-refractivity contribution is 6.44. The fourth-order valence-electron chi connectivity index (χ4n) is 5.06. The summed E-state index contributed by atoms with van der Waals surface area (Å²) in [5.74, 6) is -7.99. The molecule has 36 heavy (non-hydrogen) atoms. The summed E-state index contributed by atoms with van der Waals surface area (Å²) < 4.78 is 56.0. The third-order valence-electron chi connectivity index (χ3n) is 6.61. The quantitative estimate of drug-likeness (QED) is 0.271. The van der Waals surface area contributed by atoms with Crippen LogP contribution in [0.2, 0.25) is 0 Å². The van der Waals surface area contributed by atoms with E-state index < -0.39 is 53.5 Å². The Labute approximate surface area is 201 Å². The molecule has 0 spiro atoms. The summed E-state index contributed by atoms with van der Waals surface area (Å²) in [4.78, 5) is 39.3. The molecule has 188 valence electrons. The lowest BCUT2D eigenvalue weighted by atomic mass is 9.71. The molecule has 1 aliphatic heterocycles. The lowest BCUT2D eigenvalue weighted by Crippen LogP contribution is -2.61. The topological polar surface area (TPSA) is 122 Å². The Hall–Kier alpha value is -4.03.